The summed E-state index contributed by atoms with van der Waals surface area (Å²) >= 11 is 0. The molecule has 1 N–H and O–H groups in total. The van der Waals surface area contributed by atoms with E-state index in [1.807, 2.05) is 30.3 Å². The minimum Gasteiger partial charge on any atom is -0.322 e. The third-order valence-electron chi connectivity index (χ3n) is 4.25. The largest absolute Gasteiger partial charge is 0.322 e. The first-order valence-electron chi connectivity index (χ1n) is 7.96. The summed E-state index contributed by atoms with van der Waals surface area (Å²) in [5.74, 6) is 0.330. The van der Waals surface area contributed by atoms with Gasteiger partial charge in [-0.25, -0.2) is 0 Å². The number of fused-ring (bicyclic) bond motifs is 1. The average Bonchev–Trinajstić information content (AvgIpc) is 3.46. The molecule has 0 saturated heterocycles. The molecule has 0 spiro atoms. The molecule has 3 aromatic rings. The van der Waals surface area contributed by atoms with Crippen LogP contribution in [-0.4, -0.2) is 10.9 Å². The number of rotatable bonds is 3. The van der Waals surface area contributed by atoms with E-state index in [1.54, 1.807) is 24.3 Å². The normalized spacial score (nSPS) is 13.5. The lowest BCUT2D eigenvalue weighted by Crippen LogP contribution is -2.13. The number of carbonyl (C=O) groups is 1. The molecule has 1 aliphatic rings. The number of carbonyl (C=O) groups excluding carboxylic acids is 1. The van der Waals surface area contributed by atoms with E-state index in [0.29, 0.717) is 22.7 Å². The first kappa shape index (κ1) is 14.4. The Hall–Kier alpha value is -3.19. The summed E-state index contributed by atoms with van der Waals surface area (Å²) in [5.41, 5.74) is 3.74. The number of hydrogen-bond acceptors (Lipinski definition) is 3. The lowest BCUT2D eigenvalue weighted by Gasteiger charge is -2.10. The minimum atomic E-state index is -0.153. The van der Waals surface area contributed by atoms with Crippen molar-refractivity contribution in [3.63, 3.8) is 0 Å². The monoisotopic (exact) mass is 313 g/mol. The summed E-state index contributed by atoms with van der Waals surface area (Å²) in [5, 5.41) is 12.6. The van der Waals surface area contributed by atoms with Gasteiger partial charge in [0.2, 0.25) is 0 Å². The molecule has 1 aromatic heterocycles. The van der Waals surface area contributed by atoms with E-state index in [0.717, 1.165) is 29.4 Å². The van der Waals surface area contributed by atoms with Gasteiger partial charge in [-0.1, -0.05) is 18.2 Å². The highest BCUT2D eigenvalue weighted by atomic mass is 16.1. The molecule has 1 aliphatic carbocycles. The summed E-state index contributed by atoms with van der Waals surface area (Å²) in [4.78, 5) is 17.5. The van der Waals surface area contributed by atoms with Gasteiger partial charge in [-0.3, -0.25) is 9.78 Å². The van der Waals surface area contributed by atoms with Gasteiger partial charge in [-0.15, -0.1) is 0 Å². The highest BCUT2D eigenvalue weighted by molar-refractivity contribution is 6.12. The Morgan fingerprint density at radius 2 is 1.88 bits per heavy atom. The van der Waals surface area contributed by atoms with E-state index >= 15 is 0 Å². The Kier molecular flexibility index (Phi) is 3.47. The fourth-order valence-electron chi connectivity index (χ4n) is 2.80. The van der Waals surface area contributed by atoms with Crippen molar-refractivity contribution in [2.75, 3.05) is 5.32 Å². The van der Waals surface area contributed by atoms with Crippen molar-refractivity contribution in [2.24, 2.45) is 0 Å². The molecule has 1 amide bonds. The fraction of sp³-hybridized carbons (Fsp3) is 0.150. The van der Waals surface area contributed by atoms with Crippen molar-refractivity contribution in [1.29, 1.82) is 5.26 Å². The molecule has 0 aliphatic heterocycles. The van der Waals surface area contributed by atoms with E-state index in [9.17, 15) is 4.79 Å². The number of anilines is 1. The maximum absolute atomic E-state index is 12.8. The lowest BCUT2D eigenvalue weighted by atomic mass is 10.1. The molecule has 1 heterocycles. The lowest BCUT2D eigenvalue weighted by molar-refractivity contribution is 0.102. The maximum atomic E-state index is 12.8. The van der Waals surface area contributed by atoms with Crippen LogP contribution in [0.3, 0.4) is 0 Å². The van der Waals surface area contributed by atoms with Crippen LogP contribution in [0.5, 0.6) is 0 Å². The molecule has 4 rings (SSSR count). The van der Waals surface area contributed by atoms with Crippen LogP contribution < -0.4 is 5.32 Å². The molecule has 1 fully saturated rings. The van der Waals surface area contributed by atoms with Crippen molar-refractivity contribution in [1.82, 2.24) is 4.98 Å². The number of amides is 1. The van der Waals surface area contributed by atoms with Gasteiger partial charge in [0.05, 0.1) is 22.7 Å². The fourth-order valence-corrected chi connectivity index (χ4v) is 2.80. The summed E-state index contributed by atoms with van der Waals surface area (Å²) in [6, 6.07) is 18.6. The summed E-state index contributed by atoms with van der Waals surface area (Å²) in [7, 11) is 0. The van der Waals surface area contributed by atoms with Gasteiger partial charge in [0.15, 0.2) is 0 Å². The first-order chi connectivity index (χ1) is 11.7. The van der Waals surface area contributed by atoms with E-state index in [-0.39, 0.29) is 5.91 Å². The molecule has 0 unspecified atom stereocenters. The molecule has 0 atom stereocenters. The summed E-state index contributed by atoms with van der Waals surface area (Å²) in [6.45, 7) is 0. The number of pyridine rings is 1. The zero-order chi connectivity index (χ0) is 16.5. The van der Waals surface area contributed by atoms with Crippen LogP contribution >= 0.6 is 0 Å². The third kappa shape index (κ3) is 2.72. The number of para-hydroxylation sites is 1. The highest BCUT2D eigenvalue weighted by Gasteiger charge is 2.26. The summed E-state index contributed by atoms with van der Waals surface area (Å²) < 4.78 is 0. The molecule has 4 heteroatoms. The average molecular weight is 313 g/mol. The van der Waals surface area contributed by atoms with Gasteiger partial charge < -0.3 is 5.32 Å². The van der Waals surface area contributed by atoms with Crippen molar-refractivity contribution < 1.29 is 4.79 Å². The van der Waals surface area contributed by atoms with Crippen LogP contribution in [-0.2, 0) is 0 Å². The second-order valence-electron chi connectivity index (χ2n) is 6.03. The van der Waals surface area contributed by atoms with Crippen LogP contribution in [0.4, 0.5) is 5.69 Å². The topological polar surface area (TPSA) is 65.8 Å². The predicted octanol–water partition coefficient (Wildman–Crippen LogP) is 4.24. The highest BCUT2D eigenvalue weighted by Crippen LogP contribution is 2.40. The van der Waals surface area contributed by atoms with Crippen molar-refractivity contribution in [3.8, 4) is 6.07 Å². The second-order valence-corrected chi connectivity index (χ2v) is 6.03. The van der Waals surface area contributed by atoms with Crippen LogP contribution in [0, 0.1) is 11.3 Å². The van der Waals surface area contributed by atoms with E-state index in [1.165, 1.54) is 0 Å². The Morgan fingerprint density at radius 3 is 2.58 bits per heavy atom. The van der Waals surface area contributed by atoms with Gasteiger partial charge in [-0.05, 0) is 49.2 Å². The summed E-state index contributed by atoms with van der Waals surface area (Å²) in [6.07, 6.45) is 2.28. The SMILES string of the molecule is N#Cc1ccc(NC(=O)c2cc(C3CC3)nc3ccccc23)cc1. The molecule has 0 radical (unpaired) electrons. The minimum absolute atomic E-state index is 0.153. The molecule has 0 bridgehead atoms. The maximum Gasteiger partial charge on any atom is 0.256 e. The van der Waals surface area contributed by atoms with Gasteiger partial charge in [0.25, 0.3) is 5.91 Å². The molecule has 24 heavy (non-hydrogen) atoms. The number of aromatic nitrogens is 1. The number of hydrogen-bond donors (Lipinski definition) is 1. The zero-order valence-electron chi connectivity index (χ0n) is 13.0. The van der Waals surface area contributed by atoms with Crippen LogP contribution in [0.15, 0.2) is 54.6 Å². The number of nitrogens with zero attached hydrogens (tertiary/aromatic N) is 2. The molecule has 116 valence electrons. The smallest absolute Gasteiger partial charge is 0.256 e. The molecule has 4 nitrogen and oxygen atoms in total. The van der Waals surface area contributed by atoms with Crippen LogP contribution in [0.2, 0.25) is 0 Å². The quantitative estimate of drug-likeness (QED) is 0.786. The van der Waals surface area contributed by atoms with E-state index < -0.39 is 0 Å². The van der Waals surface area contributed by atoms with Gasteiger partial charge in [0.1, 0.15) is 0 Å². The molecule has 2 aromatic carbocycles. The molecule has 1 saturated carbocycles. The zero-order valence-corrected chi connectivity index (χ0v) is 13.0. The Balaban J connectivity index is 1.71. The number of nitriles is 1. The standard InChI is InChI=1S/C20H15N3O/c21-12-13-5-9-15(10-6-13)22-20(24)17-11-19(14-7-8-14)23-18-4-2-1-3-16(17)18/h1-6,9-11,14H,7-8H2,(H,22,24). The first-order valence-corrected chi connectivity index (χ1v) is 7.96. The third-order valence-corrected chi connectivity index (χ3v) is 4.25. The van der Waals surface area contributed by atoms with E-state index in [2.05, 4.69) is 11.4 Å². The van der Waals surface area contributed by atoms with Crippen molar-refractivity contribution in [2.45, 2.75) is 18.8 Å². The Morgan fingerprint density at radius 1 is 1.12 bits per heavy atom. The van der Waals surface area contributed by atoms with Gasteiger partial charge in [-0.2, -0.15) is 5.26 Å². The number of benzene rings is 2. The van der Waals surface area contributed by atoms with Gasteiger partial charge in [0, 0.05) is 22.7 Å². The van der Waals surface area contributed by atoms with Crippen molar-refractivity contribution >= 4 is 22.5 Å². The number of nitrogens with one attached hydrogen (secondary N) is 1. The Labute approximate surface area is 139 Å². The van der Waals surface area contributed by atoms with Crippen LogP contribution in [0.25, 0.3) is 10.9 Å². The predicted molar refractivity (Wildman–Crippen MR) is 92.8 cm³/mol. The van der Waals surface area contributed by atoms with E-state index in [4.69, 9.17) is 10.2 Å². The van der Waals surface area contributed by atoms with Crippen molar-refractivity contribution in [3.05, 3.63) is 71.4 Å². The molecular weight excluding hydrogens is 298 g/mol. The second kappa shape index (κ2) is 5.78. The van der Waals surface area contributed by atoms with Gasteiger partial charge >= 0.3 is 0 Å². The molecular formula is C20H15N3O. The Bertz CT molecular complexity index is 966. The van der Waals surface area contributed by atoms with Crippen LogP contribution in [0.1, 0.15) is 40.4 Å².